The number of aromatic nitrogens is 1. The lowest BCUT2D eigenvalue weighted by molar-refractivity contribution is 0.109. The summed E-state index contributed by atoms with van der Waals surface area (Å²) in [5, 5.41) is 4.97. The van der Waals surface area contributed by atoms with Gasteiger partial charge in [-0.1, -0.05) is 42.0 Å². The van der Waals surface area contributed by atoms with Gasteiger partial charge in [0.05, 0.1) is 18.1 Å². The first-order valence-corrected chi connectivity index (χ1v) is 7.48. The number of benzene rings is 1. The van der Waals surface area contributed by atoms with Crippen molar-refractivity contribution >= 4 is 28.1 Å². The van der Waals surface area contributed by atoms with Gasteiger partial charge in [0.2, 0.25) is 0 Å². The van der Waals surface area contributed by atoms with Crippen LogP contribution in [0.5, 0.6) is 0 Å². The van der Waals surface area contributed by atoms with Crippen molar-refractivity contribution in [1.29, 1.82) is 0 Å². The average Bonchev–Trinajstić information content (AvgIpc) is 2.84. The van der Waals surface area contributed by atoms with Crippen molar-refractivity contribution in [2.75, 3.05) is 11.9 Å². The maximum absolute atomic E-state index is 5.92. The molecule has 2 aromatic rings. The lowest BCUT2D eigenvalue weighted by Gasteiger charge is -2.03. The Morgan fingerprint density at radius 1 is 1.37 bits per heavy atom. The van der Waals surface area contributed by atoms with E-state index in [-0.39, 0.29) is 0 Å². The van der Waals surface area contributed by atoms with Crippen LogP contribution >= 0.6 is 22.9 Å². The molecule has 0 saturated heterocycles. The summed E-state index contributed by atoms with van der Waals surface area (Å²) in [7, 11) is 0. The van der Waals surface area contributed by atoms with Gasteiger partial charge in [-0.3, -0.25) is 0 Å². The quantitative estimate of drug-likeness (QED) is 0.825. The standard InChI is InChI=1S/C14H17ClN2OS/c1-2-6-16-14-17-8-13(19-14)10-18-9-11-4-3-5-12(15)7-11/h3-5,7-8H,2,6,9-10H2,1H3,(H,16,17). The molecule has 0 fully saturated rings. The molecule has 0 saturated carbocycles. The molecule has 2 rings (SSSR count). The molecule has 0 amide bonds. The summed E-state index contributed by atoms with van der Waals surface area (Å²) in [4.78, 5) is 5.43. The Kier molecular flexibility index (Phi) is 5.63. The first-order chi connectivity index (χ1) is 9.28. The monoisotopic (exact) mass is 296 g/mol. The number of rotatable bonds is 7. The Labute approximate surface area is 122 Å². The predicted molar refractivity (Wildman–Crippen MR) is 80.8 cm³/mol. The molecule has 0 aliphatic heterocycles. The van der Waals surface area contributed by atoms with E-state index in [2.05, 4.69) is 17.2 Å². The zero-order valence-electron chi connectivity index (χ0n) is 10.9. The van der Waals surface area contributed by atoms with Crippen molar-refractivity contribution in [2.24, 2.45) is 0 Å². The van der Waals surface area contributed by atoms with Gasteiger partial charge in [-0.15, -0.1) is 0 Å². The summed E-state index contributed by atoms with van der Waals surface area (Å²) in [6.45, 7) is 4.24. The fraction of sp³-hybridized carbons (Fsp3) is 0.357. The van der Waals surface area contributed by atoms with Gasteiger partial charge in [0.1, 0.15) is 0 Å². The second-order valence-electron chi connectivity index (χ2n) is 4.18. The molecule has 19 heavy (non-hydrogen) atoms. The summed E-state index contributed by atoms with van der Waals surface area (Å²) in [6, 6.07) is 7.72. The zero-order valence-corrected chi connectivity index (χ0v) is 12.4. The number of nitrogens with zero attached hydrogens (tertiary/aromatic N) is 1. The molecule has 0 unspecified atom stereocenters. The van der Waals surface area contributed by atoms with Crippen molar-refractivity contribution in [2.45, 2.75) is 26.6 Å². The molecule has 3 nitrogen and oxygen atoms in total. The number of thiazole rings is 1. The van der Waals surface area contributed by atoms with Crippen LogP contribution in [0.3, 0.4) is 0 Å². The third kappa shape index (κ3) is 4.82. The van der Waals surface area contributed by atoms with Gasteiger partial charge in [-0.2, -0.15) is 0 Å². The second-order valence-corrected chi connectivity index (χ2v) is 5.73. The van der Waals surface area contributed by atoms with E-state index in [1.54, 1.807) is 11.3 Å². The van der Waals surface area contributed by atoms with Gasteiger partial charge in [-0.05, 0) is 24.1 Å². The number of hydrogen-bond donors (Lipinski definition) is 1. The minimum Gasteiger partial charge on any atom is -0.371 e. The van der Waals surface area contributed by atoms with E-state index in [9.17, 15) is 0 Å². The topological polar surface area (TPSA) is 34.2 Å². The van der Waals surface area contributed by atoms with E-state index in [4.69, 9.17) is 16.3 Å². The number of ether oxygens (including phenoxy) is 1. The van der Waals surface area contributed by atoms with E-state index >= 15 is 0 Å². The van der Waals surface area contributed by atoms with Crippen LogP contribution in [0.15, 0.2) is 30.5 Å². The van der Waals surface area contributed by atoms with Crippen molar-refractivity contribution in [1.82, 2.24) is 4.98 Å². The van der Waals surface area contributed by atoms with E-state index < -0.39 is 0 Å². The highest BCUT2D eigenvalue weighted by atomic mass is 35.5. The van der Waals surface area contributed by atoms with Gasteiger partial charge >= 0.3 is 0 Å². The summed E-state index contributed by atoms with van der Waals surface area (Å²) in [5.41, 5.74) is 1.08. The third-order valence-electron chi connectivity index (χ3n) is 2.48. The fourth-order valence-electron chi connectivity index (χ4n) is 1.58. The highest BCUT2D eigenvalue weighted by Gasteiger charge is 2.02. The first-order valence-electron chi connectivity index (χ1n) is 6.28. The molecule has 0 atom stereocenters. The first kappa shape index (κ1) is 14.3. The predicted octanol–water partition coefficient (Wildman–Crippen LogP) is 4.34. The second kappa shape index (κ2) is 7.48. The van der Waals surface area contributed by atoms with Crippen molar-refractivity contribution in [3.63, 3.8) is 0 Å². The lowest BCUT2D eigenvalue weighted by atomic mass is 10.2. The molecule has 102 valence electrons. The Morgan fingerprint density at radius 2 is 2.26 bits per heavy atom. The molecule has 1 N–H and O–H groups in total. The largest absolute Gasteiger partial charge is 0.371 e. The lowest BCUT2D eigenvalue weighted by Crippen LogP contribution is -1.97. The van der Waals surface area contributed by atoms with Crippen LogP contribution in [0, 0.1) is 0 Å². The van der Waals surface area contributed by atoms with Crippen LogP contribution in [-0.2, 0) is 18.0 Å². The van der Waals surface area contributed by atoms with E-state index in [1.807, 2.05) is 30.5 Å². The molecular weight excluding hydrogens is 280 g/mol. The Bertz CT molecular complexity index is 516. The minimum absolute atomic E-state index is 0.566. The maximum atomic E-state index is 5.92. The zero-order chi connectivity index (χ0) is 13.5. The molecular formula is C14H17ClN2OS. The molecule has 1 aromatic heterocycles. The van der Waals surface area contributed by atoms with Crippen molar-refractivity contribution in [3.05, 3.63) is 45.9 Å². The van der Waals surface area contributed by atoms with Gasteiger partial charge < -0.3 is 10.1 Å². The Morgan fingerprint density at radius 3 is 3.05 bits per heavy atom. The Balaban J connectivity index is 1.77. The Hall–Kier alpha value is -1.10. The van der Waals surface area contributed by atoms with Gasteiger partial charge in [0.15, 0.2) is 5.13 Å². The van der Waals surface area contributed by atoms with E-state index in [0.29, 0.717) is 13.2 Å². The summed E-state index contributed by atoms with van der Waals surface area (Å²) in [6.07, 6.45) is 2.96. The van der Waals surface area contributed by atoms with Crippen LogP contribution in [0.2, 0.25) is 5.02 Å². The summed E-state index contributed by atoms with van der Waals surface area (Å²) < 4.78 is 5.66. The summed E-state index contributed by atoms with van der Waals surface area (Å²) >= 11 is 7.56. The third-order valence-corrected chi connectivity index (χ3v) is 3.65. The number of anilines is 1. The molecule has 1 aromatic carbocycles. The molecule has 0 radical (unpaired) electrons. The van der Waals surface area contributed by atoms with Crippen LogP contribution in [0.1, 0.15) is 23.8 Å². The number of nitrogens with one attached hydrogen (secondary N) is 1. The highest BCUT2D eigenvalue weighted by Crippen LogP contribution is 2.19. The number of hydrogen-bond acceptors (Lipinski definition) is 4. The molecule has 0 aliphatic rings. The normalized spacial score (nSPS) is 10.6. The smallest absolute Gasteiger partial charge is 0.182 e. The van der Waals surface area contributed by atoms with E-state index in [0.717, 1.165) is 33.6 Å². The highest BCUT2D eigenvalue weighted by molar-refractivity contribution is 7.15. The molecule has 0 spiro atoms. The molecule has 0 aliphatic carbocycles. The maximum Gasteiger partial charge on any atom is 0.182 e. The van der Waals surface area contributed by atoms with Crippen LogP contribution < -0.4 is 5.32 Å². The minimum atomic E-state index is 0.566. The number of halogens is 1. The molecule has 1 heterocycles. The summed E-state index contributed by atoms with van der Waals surface area (Å²) in [5.74, 6) is 0. The van der Waals surface area contributed by atoms with Crippen LogP contribution in [0.25, 0.3) is 0 Å². The molecule has 5 heteroatoms. The van der Waals surface area contributed by atoms with E-state index in [1.165, 1.54) is 0 Å². The van der Waals surface area contributed by atoms with Crippen LogP contribution in [0.4, 0.5) is 5.13 Å². The van der Waals surface area contributed by atoms with Crippen molar-refractivity contribution in [3.8, 4) is 0 Å². The van der Waals surface area contributed by atoms with Gasteiger partial charge in [-0.25, -0.2) is 4.98 Å². The SMILES string of the molecule is CCCNc1ncc(COCc2cccc(Cl)c2)s1. The van der Waals surface area contributed by atoms with Gasteiger partial charge in [0, 0.05) is 17.8 Å². The van der Waals surface area contributed by atoms with Gasteiger partial charge in [0.25, 0.3) is 0 Å². The molecule has 0 bridgehead atoms. The van der Waals surface area contributed by atoms with Crippen LogP contribution in [-0.4, -0.2) is 11.5 Å². The average molecular weight is 297 g/mol. The fourth-order valence-corrected chi connectivity index (χ4v) is 2.57. The van der Waals surface area contributed by atoms with Crippen molar-refractivity contribution < 1.29 is 4.74 Å².